The maximum absolute atomic E-state index is 11.8. The average molecular weight is 163 g/mol. The van der Waals surface area contributed by atoms with Crippen molar-refractivity contribution >= 4 is 5.97 Å². The van der Waals surface area contributed by atoms with Crippen LogP contribution in [-0.2, 0) is 9.53 Å². The number of carbonyl (C=O) groups excluding carboxylic acids is 1. The molecule has 0 rings (SSSR count). The monoisotopic (exact) mass is 163 g/mol. The van der Waals surface area contributed by atoms with Gasteiger partial charge in [0.2, 0.25) is 0 Å². The number of carbonyl (C=O) groups is 1. The molecule has 2 N–H and O–H groups in total. The Morgan fingerprint density at radius 1 is 1.64 bits per heavy atom. The van der Waals surface area contributed by atoms with Crippen LogP contribution in [0.2, 0.25) is 0 Å². The van der Waals surface area contributed by atoms with Crippen LogP contribution < -0.4 is 5.73 Å². The lowest BCUT2D eigenvalue weighted by atomic mass is 10.2. The van der Waals surface area contributed by atoms with E-state index in [1.807, 2.05) is 0 Å². The highest BCUT2D eigenvalue weighted by molar-refractivity contribution is 5.75. The van der Waals surface area contributed by atoms with Crippen molar-refractivity contribution in [2.24, 2.45) is 5.73 Å². The quantitative estimate of drug-likeness (QED) is 0.607. The Balaban J connectivity index is 3.88. The molecule has 0 spiro atoms. The molecule has 1 atom stereocenters. The van der Waals surface area contributed by atoms with Crippen molar-refractivity contribution in [3.05, 3.63) is 0 Å². The summed E-state index contributed by atoms with van der Waals surface area (Å²) in [6, 6.07) is -1.14. The lowest BCUT2D eigenvalue weighted by molar-refractivity contribution is -0.156. The molecule has 0 bridgehead atoms. The van der Waals surface area contributed by atoms with Gasteiger partial charge < -0.3 is 10.5 Å². The van der Waals surface area contributed by atoms with E-state index in [0.29, 0.717) is 0 Å². The van der Waals surface area contributed by atoms with Crippen LogP contribution in [-0.4, -0.2) is 24.3 Å². The summed E-state index contributed by atoms with van der Waals surface area (Å²) in [5.74, 6) is -0.694. The molecule has 66 valence electrons. The molecule has 0 aromatic heterocycles. The molecule has 0 unspecified atom stereocenters. The standard InChI is InChI=1S/C7H14FNO2/c1-7(2,3)11-6(10)5(9)4-8/h5H,4,9H2,1-3H3/t5-/m1/s1. The van der Waals surface area contributed by atoms with Crippen LogP contribution in [0.4, 0.5) is 4.39 Å². The lowest BCUT2D eigenvalue weighted by Gasteiger charge is -2.20. The van der Waals surface area contributed by atoms with Gasteiger partial charge in [0.15, 0.2) is 0 Å². The fourth-order valence-corrected chi connectivity index (χ4v) is 0.440. The van der Waals surface area contributed by atoms with E-state index in [2.05, 4.69) is 0 Å². The van der Waals surface area contributed by atoms with Crippen LogP contribution in [0.25, 0.3) is 0 Å². The predicted molar refractivity (Wildman–Crippen MR) is 39.8 cm³/mol. The predicted octanol–water partition coefficient (Wildman–Crippen LogP) is 0.625. The topological polar surface area (TPSA) is 52.3 Å². The SMILES string of the molecule is CC(C)(C)OC(=O)[C@H](N)CF. The molecule has 0 amide bonds. The summed E-state index contributed by atoms with van der Waals surface area (Å²) in [6.45, 7) is 4.23. The average Bonchev–Trinajstić information content (AvgIpc) is 1.82. The van der Waals surface area contributed by atoms with Gasteiger partial charge in [-0.3, -0.25) is 4.79 Å². The molecule has 0 aromatic rings. The van der Waals surface area contributed by atoms with Crippen LogP contribution in [0.3, 0.4) is 0 Å². The number of hydrogen-bond acceptors (Lipinski definition) is 3. The first kappa shape index (κ1) is 10.4. The van der Waals surface area contributed by atoms with Gasteiger partial charge in [-0.05, 0) is 20.8 Å². The zero-order valence-corrected chi connectivity index (χ0v) is 7.06. The second kappa shape index (κ2) is 3.67. The van der Waals surface area contributed by atoms with Crippen molar-refractivity contribution in [2.75, 3.05) is 6.67 Å². The van der Waals surface area contributed by atoms with Gasteiger partial charge in [0.25, 0.3) is 0 Å². The Labute approximate surface area is 65.7 Å². The summed E-state index contributed by atoms with van der Waals surface area (Å²) >= 11 is 0. The normalized spacial score (nSPS) is 14.3. The molecular weight excluding hydrogens is 149 g/mol. The number of halogens is 1. The zero-order chi connectivity index (χ0) is 9.07. The van der Waals surface area contributed by atoms with Gasteiger partial charge in [-0.15, -0.1) is 0 Å². The zero-order valence-electron chi connectivity index (χ0n) is 7.06. The van der Waals surface area contributed by atoms with Gasteiger partial charge >= 0.3 is 5.97 Å². The highest BCUT2D eigenvalue weighted by atomic mass is 19.1. The van der Waals surface area contributed by atoms with Crippen LogP contribution >= 0.6 is 0 Å². The lowest BCUT2D eigenvalue weighted by Crippen LogP contribution is -2.38. The largest absolute Gasteiger partial charge is 0.459 e. The van der Waals surface area contributed by atoms with E-state index in [0.717, 1.165) is 0 Å². The van der Waals surface area contributed by atoms with Crippen LogP contribution in [0.5, 0.6) is 0 Å². The number of ether oxygens (including phenoxy) is 1. The van der Waals surface area contributed by atoms with E-state index in [-0.39, 0.29) is 0 Å². The van der Waals surface area contributed by atoms with Crippen LogP contribution in [0.15, 0.2) is 0 Å². The van der Waals surface area contributed by atoms with Crippen molar-refractivity contribution < 1.29 is 13.9 Å². The summed E-state index contributed by atoms with van der Waals surface area (Å²) in [5.41, 5.74) is 4.48. The Morgan fingerprint density at radius 3 is 2.36 bits per heavy atom. The minimum Gasteiger partial charge on any atom is -0.459 e. The Bertz CT molecular complexity index is 142. The van der Waals surface area contributed by atoms with Gasteiger partial charge in [0.05, 0.1) is 0 Å². The van der Waals surface area contributed by atoms with Crippen LogP contribution in [0.1, 0.15) is 20.8 Å². The third kappa shape index (κ3) is 4.72. The Kier molecular flexibility index (Phi) is 3.45. The van der Waals surface area contributed by atoms with E-state index >= 15 is 0 Å². The van der Waals surface area contributed by atoms with E-state index in [9.17, 15) is 9.18 Å². The van der Waals surface area contributed by atoms with Crippen molar-refractivity contribution in [3.8, 4) is 0 Å². The fraction of sp³-hybridized carbons (Fsp3) is 0.857. The summed E-state index contributed by atoms with van der Waals surface area (Å²) in [4.78, 5) is 10.8. The number of rotatable bonds is 2. The van der Waals surface area contributed by atoms with Crippen molar-refractivity contribution in [2.45, 2.75) is 32.4 Å². The summed E-state index contributed by atoms with van der Waals surface area (Å²) in [5, 5.41) is 0. The molecule has 0 radical (unpaired) electrons. The highest BCUT2D eigenvalue weighted by Gasteiger charge is 2.21. The maximum atomic E-state index is 11.8. The first-order chi connectivity index (χ1) is 4.87. The van der Waals surface area contributed by atoms with E-state index < -0.39 is 24.3 Å². The van der Waals surface area contributed by atoms with E-state index in [4.69, 9.17) is 10.5 Å². The Morgan fingerprint density at radius 2 is 2.09 bits per heavy atom. The summed E-state index contributed by atoms with van der Waals surface area (Å²) in [6.07, 6.45) is 0. The highest BCUT2D eigenvalue weighted by Crippen LogP contribution is 2.07. The third-order valence-electron chi connectivity index (χ3n) is 0.876. The molecule has 0 fully saturated rings. The first-order valence-electron chi connectivity index (χ1n) is 3.41. The molecule has 11 heavy (non-hydrogen) atoms. The van der Waals surface area contributed by atoms with Gasteiger partial charge in [-0.1, -0.05) is 0 Å². The van der Waals surface area contributed by atoms with Gasteiger partial charge in [-0.25, -0.2) is 4.39 Å². The van der Waals surface area contributed by atoms with Gasteiger partial charge in [0.1, 0.15) is 18.3 Å². The summed E-state index contributed by atoms with van der Waals surface area (Å²) < 4.78 is 16.6. The molecule has 4 heteroatoms. The molecule has 0 heterocycles. The molecule has 0 saturated carbocycles. The first-order valence-corrected chi connectivity index (χ1v) is 3.41. The van der Waals surface area contributed by atoms with E-state index in [1.54, 1.807) is 20.8 Å². The van der Waals surface area contributed by atoms with Gasteiger partial charge in [-0.2, -0.15) is 0 Å². The smallest absolute Gasteiger partial charge is 0.326 e. The summed E-state index contributed by atoms with van der Waals surface area (Å²) in [7, 11) is 0. The molecular formula is C7H14FNO2. The second-order valence-corrected chi connectivity index (χ2v) is 3.29. The number of hydrogen-bond donors (Lipinski definition) is 1. The third-order valence-corrected chi connectivity index (χ3v) is 0.876. The number of esters is 1. The Hall–Kier alpha value is -0.640. The van der Waals surface area contributed by atoms with Crippen molar-refractivity contribution in [1.29, 1.82) is 0 Å². The van der Waals surface area contributed by atoms with Crippen molar-refractivity contribution in [1.82, 2.24) is 0 Å². The number of nitrogens with two attached hydrogens (primary N) is 1. The molecule has 3 nitrogen and oxygen atoms in total. The fourth-order valence-electron chi connectivity index (χ4n) is 0.440. The van der Waals surface area contributed by atoms with E-state index in [1.165, 1.54) is 0 Å². The van der Waals surface area contributed by atoms with Gasteiger partial charge in [0, 0.05) is 0 Å². The molecule has 0 aromatic carbocycles. The molecule has 0 aliphatic rings. The van der Waals surface area contributed by atoms with Crippen molar-refractivity contribution in [3.63, 3.8) is 0 Å². The molecule has 0 aliphatic carbocycles. The second-order valence-electron chi connectivity index (χ2n) is 3.29. The minimum absolute atomic E-state index is 0.593. The van der Waals surface area contributed by atoms with Crippen LogP contribution in [0, 0.1) is 0 Å². The molecule has 0 aliphatic heterocycles. The minimum atomic E-state index is -1.14. The number of alkyl halides is 1. The molecule has 0 saturated heterocycles. The maximum Gasteiger partial charge on any atom is 0.326 e.